The van der Waals surface area contributed by atoms with Gasteiger partial charge >= 0.3 is 0 Å². The van der Waals surface area contributed by atoms with Crippen LogP contribution < -0.4 is 4.90 Å². The van der Waals surface area contributed by atoms with Crippen molar-refractivity contribution in [2.45, 2.75) is 58.3 Å². The maximum atomic E-state index is 2.61. The fourth-order valence-corrected chi connectivity index (χ4v) is 6.24. The molecule has 1 fully saturated rings. The van der Waals surface area contributed by atoms with Crippen LogP contribution in [-0.4, -0.2) is 35.0 Å². The van der Waals surface area contributed by atoms with Crippen molar-refractivity contribution in [1.82, 2.24) is 0 Å². The number of fused-ring (bicyclic) bond motifs is 1. The summed E-state index contributed by atoms with van der Waals surface area (Å²) in [6, 6.07) is 9.03. The van der Waals surface area contributed by atoms with Crippen LogP contribution in [0, 0.1) is 5.92 Å². The molecule has 1 aliphatic carbocycles. The lowest BCUT2D eigenvalue weighted by Gasteiger charge is -2.28. The number of nitrogens with zero attached hydrogens (tertiary/aromatic N) is 2. The molecular formula is C25H35N2S+. The van der Waals surface area contributed by atoms with Crippen molar-refractivity contribution in [2.24, 2.45) is 5.92 Å². The van der Waals surface area contributed by atoms with Gasteiger partial charge in [0.05, 0.1) is 5.75 Å². The van der Waals surface area contributed by atoms with Crippen molar-refractivity contribution in [2.75, 3.05) is 30.3 Å². The summed E-state index contributed by atoms with van der Waals surface area (Å²) in [6.07, 6.45) is 14.0. The van der Waals surface area contributed by atoms with Crippen LogP contribution in [0.3, 0.4) is 0 Å². The topological polar surface area (TPSA) is 6.25 Å². The average molecular weight is 396 g/mol. The summed E-state index contributed by atoms with van der Waals surface area (Å²) >= 11 is 1.99. The van der Waals surface area contributed by atoms with Crippen molar-refractivity contribution in [3.8, 4) is 0 Å². The molecule has 0 saturated heterocycles. The fourth-order valence-electron chi connectivity index (χ4n) is 5.14. The van der Waals surface area contributed by atoms with Crippen molar-refractivity contribution in [3.05, 3.63) is 53.8 Å². The molecule has 28 heavy (non-hydrogen) atoms. The molecule has 0 N–H and O–H groups in total. The van der Waals surface area contributed by atoms with Crippen molar-refractivity contribution in [1.29, 1.82) is 0 Å². The Kier molecular flexibility index (Phi) is 6.01. The minimum atomic E-state index is 0.0640. The van der Waals surface area contributed by atoms with Gasteiger partial charge in [-0.3, -0.25) is 0 Å². The molecule has 150 valence electrons. The van der Waals surface area contributed by atoms with E-state index in [0.717, 1.165) is 19.0 Å². The molecule has 0 radical (unpaired) electrons. The third kappa shape index (κ3) is 3.83. The van der Waals surface area contributed by atoms with Gasteiger partial charge in [0.1, 0.15) is 6.54 Å². The molecule has 2 heterocycles. The molecule has 3 aliphatic rings. The van der Waals surface area contributed by atoms with Crippen LogP contribution in [-0.2, 0) is 5.41 Å². The molecule has 2 nitrogen and oxygen atoms in total. The number of hydrogen-bond donors (Lipinski definition) is 0. The first-order valence-corrected chi connectivity index (χ1v) is 12.1. The largest absolute Gasteiger partial charge is 0.344 e. The van der Waals surface area contributed by atoms with Crippen molar-refractivity contribution >= 4 is 22.5 Å². The summed E-state index contributed by atoms with van der Waals surface area (Å²) in [7, 11) is 0. The molecule has 2 aliphatic heterocycles. The van der Waals surface area contributed by atoms with Gasteiger partial charge in [0, 0.05) is 29.4 Å². The molecular weight excluding hydrogens is 360 g/mol. The first-order valence-electron chi connectivity index (χ1n) is 11.1. The highest BCUT2D eigenvalue weighted by Crippen LogP contribution is 2.48. The van der Waals surface area contributed by atoms with E-state index in [9.17, 15) is 0 Å². The number of benzene rings is 1. The van der Waals surface area contributed by atoms with Gasteiger partial charge in [-0.2, -0.15) is 0 Å². The number of para-hydroxylation sites is 1. The summed E-state index contributed by atoms with van der Waals surface area (Å²) in [5.74, 6) is 2.14. The van der Waals surface area contributed by atoms with Crippen LogP contribution in [0.25, 0.3) is 0 Å². The maximum Gasteiger partial charge on any atom is 0.234 e. The van der Waals surface area contributed by atoms with Gasteiger partial charge in [-0.05, 0) is 37.0 Å². The average Bonchev–Trinajstić information content (AvgIpc) is 3.41. The lowest BCUT2D eigenvalue weighted by Crippen LogP contribution is -2.27. The lowest BCUT2D eigenvalue weighted by molar-refractivity contribution is -0.513. The maximum absolute atomic E-state index is 2.61. The predicted molar refractivity (Wildman–Crippen MR) is 124 cm³/mol. The van der Waals surface area contributed by atoms with Gasteiger partial charge in [-0.1, -0.05) is 75.6 Å². The Morgan fingerprint density at radius 2 is 2.00 bits per heavy atom. The lowest BCUT2D eigenvalue weighted by atomic mass is 9.84. The second-order valence-corrected chi connectivity index (χ2v) is 10.0. The Morgan fingerprint density at radius 1 is 1.21 bits per heavy atom. The van der Waals surface area contributed by atoms with Gasteiger partial charge in [-0.25, -0.2) is 4.58 Å². The quantitative estimate of drug-likeness (QED) is 0.546. The normalized spacial score (nSPS) is 23.5. The standard InChI is InChI=1S/C25H35N2S/c1-4-26-18-19-28-24(26)15-9-14-23-25(2,3)21-12-7-8-13-22(21)27(23)17-16-20-10-5-6-11-20/h7-9,12-15,20H,4-6,10-11,16-19H2,1-3H3/q+1. The zero-order chi connectivity index (χ0) is 19.6. The van der Waals surface area contributed by atoms with E-state index >= 15 is 0 Å². The summed E-state index contributed by atoms with van der Waals surface area (Å²) in [4.78, 5) is 2.61. The highest BCUT2D eigenvalue weighted by Gasteiger charge is 2.39. The third-order valence-electron chi connectivity index (χ3n) is 6.83. The zero-order valence-corrected chi connectivity index (χ0v) is 18.6. The molecule has 1 aromatic rings. The molecule has 1 saturated carbocycles. The van der Waals surface area contributed by atoms with E-state index in [1.807, 2.05) is 11.8 Å². The molecule has 1 aromatic carbocycles. The van der Waals surface area contributed by atoms with E-state index < -0.39 is 0 Å². The third-order valence-corrected chi connectivity index (χ3v) is 7.91. The van der Waals surface area contributed by atoms with E-state index in [-0.39, 0.29) is 5.41 Å². The minimum absolute atomic E-state index is 0.0640. The first kappa shape index (κ1) is 19.8. The second-order valence-electron chi connectivity index (χ2n) is 8.91. The predicted octanol–water partition coefficient (Wildman–Crippen LogP) is 5.98. The summed E-state index contributed by atoms with van der Waals surface area (Å²) in [5, 5.41) is 1.42. The molecule has 0 unspecified atom stereocenters. The van der Waals surface area contributed by atoms with Gasteiger partial charge in [0.25, 0.3) is 0 Å². The molecule has 0 bridgehead atoms. The highest BCUT2D eigenvalue weighted by atomic mass is 32.2. The fraction of sp³-hybridized carbons (Fsp3) is 0.560. The first-order chi connectivity index (χ1) is 13.6. The van der Waals surface area contributed by atoms with E-state index in [2.05, 4.69) is 72.7 Å². The Bertz CT molecular complexity index is 797. The Labute approximate surface area is 175 Å². The van der Waals surface area contributed by atoms with Gasteiger partial charge in [0.2, 0.25) is 5.04 Å². The SMILES string of the molecule is CC[N+]1=C(/C=C/C=C2/N(CCC3CCCC3)c3ccccc3C2(C)C)SCC1. The van der Waals surface area contributed by atoms with E-state index in [0.29, 0.717) is 0 Å². The minimum Gasteiger partial charge on any atom is -0.344 e. The van der Waals surface area contributed by atoms with Gasteiger partial charge < -0.3 is 4.90 Å². The van der Waals surface area contributed by atoms with Gasteiger partial charge in [0.15, 0.2) is 6.54 Å². The second kappa shape index (κ2) is 8.49. The van der Waals surface area contributed by atoms with Gasteiger partial charge in [-0.15, -0.1) is 0 Å². The number of hydrogen-bond acceptors (Lipinski definition) is 2. The summed E-state index contributed by atoms with van der Waals surface area (Å²) < 4.78 is 2.48. The van der Waals surface area contributed by atoms with E-state index in [1.165, 1.54) is 66.4 Å². The summed E-state index contributed by atoms with van der Waals surface area (Å²) in [5.41, 5.74) is 4.41. The zero-order valence-electron chi connectivity index (χ0n) is 17.8. The monoisotopic (exact) mass is 395 g/mol. The highest BCUT2D eigenvalue weighted by molar-refractivity contribution is 8.14. The molecule has 0 aromatic heterocycles. The van der Waals surface area contributed by atoms with Crippen LogP contribution in [0.15, 0.2) is 48.2 Å². The Balaban J connectivity index is 1.60. The van der Waals surface area contributed by atoms with E-state index in [1.54, 1.807) is 0 Å². The number of allylic oxidation sites excluding steroid dienone is 3. The molecule has 0 spiro atoms. The Hall–Kier alpha value is -1.48. The Morgan fingerprint density at radius 3 is 2.79 bits per heavy atom. The van der Waals surface area contributed by atoms with Crippen LogP contribution >= 0.6 is 11.8 Å². The van der Waals surface area contributed by atoms with Crippen LogP contribution in [0.4, 0.5) is 5.69 Å². The van der Waals surface area contributed by atoms with Crippen LogP contribution in [0.1, 0.15) is 58.4 Å². The summed E-state index contributed by atoms with van der Waals surface area (Å²) in [6.45, 7) is 10.5. The van der Waals surface area contributed by atoms with Crippen LogP contribution in [0.5, 0.6) is 0 Å². The number of thioether (sulfide) groups is 1. The van der Waals surface area contributed by atoms with Crippen LogP contribution in [0.2, 0.25) is 0 Å². The number of rotatable bonds is 6. The molecule has 4 rings (SSSR count). The molecule has 3 heteroatoms. The van der Waals surface area contributed by atoms with Crippen molar-refractivity contribution < 1.29 is 4.58 Å². The smallest absolute Gasteiger partial charge is 0.234 e. The molecule has 0 atom stereocenters. The molecule has 0 amide bonds. The van der Waals surface area contributed by atoms with Crippen molar-refractivity contribution in [3.63, 3.8) is 0 Å². The number of anilines is 1. The van der Waals surface area contributed by atoms with E-state index in [4.69, 9.17) is 0 Å².